The molecule has 54 heavy (non-hydrogen) atoms. The lowest BCUT2D eigenvalue weighted by Gasteiger charge is -2.13. The van der Waals surface area contributed by atoms with Gasteiger partial charge in [-0.05, 0) is 90.7 Å². The lowest BCUT2D eigenvalue weighted by Crippen LogP contribution is -2.08. The number of anilines is 2. The van der Waals surface area contributed by atoms with Crippen molar-refractivity contribution >= 4 is 86.0 Å². The highest BCUT2D eigenvalue weighted by molar-refractivity contribution is 7.87. The molecule has 0 aliphatic carbocycles. The van der Waals surface area contributed by atoms with Crippen LogP contribution in [0.1, 0.15) is 11.1 Å². The van der Waals surface area contributed by atoms with Crippen LogP contribution in [-0.2, 0) is 30.4 Å². The van der Waals surface area contributed by atoms with Crippen molar-refractivity contribution in [2.75, 3.05) is 11.5 Å². The Morgan fingerprint density at radius 3 is 1.33 bits per heavy atom. The number of aryl methyl sites for hydroxylation is 2. The predicted molar refractivity (Wildman–Crippen MR) is 199 cm³/mol. The standard InChI is InChI=1S/C34H28N6O11S3/c1-16-13-18(3-8-23(16)37-39-25-10-5-20-27(52(43,44)45)12-7-22(35)30(20)33(25)41)19-4-9-24(17(2)14-19)38-40-26-11-6-21-28(53(46,47)48)15-29(54(49,50)51)32(36)31(21)34(26)42/h3-15,41-42H,35-36H2,1-2H3,(H,43,44,45)(H,46,47,48)(H,49,50,51). The van der Waals surface area contributed by atoms with E-state index in [0.29, 0.717) is 28.6 Å². The Labute approximate surface area is 307 Å². The molecule has 0 aliphatic heterocycles. The number of azo groups is 2. The van der Waals surface area contributed by atoms with Crippen LogP contribution in [0.2, 0.25) is 0 Å². The minimum absolute atomic E-state index is 0.00529. The molecule has 0 bridgehead atoms. The van der Waals surface area contributed by atoms with Crippen LogP contribution < -0.4 is 11.5 Å². The van der Waals surface area contributed by atoms with Crippen LogP contribution in [0.25, 0.3) is 32.7 Å². The SMILES string of the molecule is Cc1cc(-c2ccc(N=Nc3ccc4c(S(=O)(=O)O)cc(S(=O)(=O)O)c(N)c4c3O)c(C)c2)ccc1N=Nc1ccc2c(S(=O)(=O)O)ccc(N)c2c1O. The first-order valence-electron chi connectivity index (χ1n) is 15.3. The number of nitrogen functional groups attached to an aromatic ring is 2. The maximum atomic E-state index is 12.0. The number of nitrogens with zero attached hydrogens (tertiary/aromatic N) is 4. The molecule has 0 fully saturated rings. The number of hydrogen-bond donors (Lipinski definition) is 7. The van der Waals surface area contributed by atoms with Gasteiger partial charge in [-0.1, -0.05) is 24.3 Å². The lowest BCUT2D eigenvalue weighted by atomic mass is 10.0. The highest BCUT2D eigenvalue weighted by Crippen LogP contribution is 2.44. The molecule has 0 unspecified atom stereocenters. The lowest BCUT2D eigenvalue weighted by molar-refractivity contribution is 0.478. The number of aromatic hydroxyl groups is 2. The van der Waals surface area contributed by atoms with Crippen molar-refractivity contribution in [1.82, 2.24) is 0 Å². The van der Waals surface area contributed by atoms with Crippen LogP contribution in [0.3, 0.4) is 0 Å². The molecule has 0 atom stereocenters. The molecule has 278 valence electrons. The summed E-state index contributed by atoms with van der Waals surface area (Å²) in [7, 11) is -14.7. The topological polar surface area (TPSA) is 305 Å². The Kier molecular flexibility index (Phi) is 9.38. The van der Waals surface area contributed by atoms with Crippen LogP contribution >= 0.6 is 0 Å². The molecule has 0 aromatic heterocycles. The van der Waals surface area contributed by atoms with Crippen LogP contribution in [0.4, 0.5) is 34.1 Å². The highest BCUT2D eigenvalue weighted by atomic mass is 32.2. The maximum absolute atomic E-state index is 12.0. The van der Waals surface area contributed by atoms with E-state index in [9.17, 15) is 49.1 Å². The second kappa shape index (κ2) is 13.4. The normalized spacial score (nSPS) is 12.8. The first-order valence-corrected chi connectivity index (χ1v) is 19.6. The van der Waals surface area contributed by atoms with Gasteiger partial charge in [0.1, 0.15) is 26.1 Å². The first kappa shape index (κ1) is 37.7. The van der Waals surface area contributed by atoms with E-state index >= 15 is 0 Å². The van der Waals surface area contributed by atoms with Crippen molar-refractivity contribution in [2.24, 2.45) is 20.5 Å². The summed E-state index contributed by atoms with van der Waals surface area (Å²) in [6.07, 6.45) is 0. The van der Waals surface area contributed by atoms with Gasteiger partial charge in [0.05, 0.1) is 27.8 Å². The highest BCUT2D eigenvalue weighted by Gasteiger charge is 2.27. The molecule has 0 aliphatic rings. The van der Waals surface area contributed by atoms with E-state index in [4.69, 9.17) is 11.5 Å². The molecule has 20 heteroatoms. The monoisotopic (exact) mass is 792 g/mol. The Hall–Kier alpha value is -6.03. The van der Waals surface area contributed by atoms with Crippen LogP contribution in [0.15, 0.2) is 114 Å². The number of rotatable bonds is 8. The Morgan fingerprint density at radius 2 is 0.889 bits per heavy atom. The first-order chi connectivity index (χ1) is 25.2. The van der Waals surface area contributed by atoms with E-state index < -0.39 is 67.6 Å². The minimum Gasteiger partial charge on any atom is -0.505 e. The Bertz CT molecular complexity index is 2990. The molecular formula is C34H28N6O11S3. The average molecular weight is 793 g/mol. The van der Waals surface area contributed by atoms with Crippen molar-refractivity contribution in [2.45, 2.75) is 28.5 Å². The average Bonchev–Trinajstić information content (AvgIpc) is 3.07. The number of benzene rings is 6. The van der Waals surface area contributed by atoms with Gasteiger partial charge in [-0.2, -0.15) is 35.5 Å². The maximum Gasteiger partial charge on any atom is 0.296 e. The summed E-state index contributed by atoms with van der Waals surface area (Å²) in [5, 5.41) is 37.6. The third kappa shape index (κ3) is 7.03. The summed E-state index contributed by atoms with van der Waals surface area (Å²) in [6, 6.07) is 18.4. The summed E-state index contributed by atoms with van der Waals surface area (Å²) < 4.78 is 100. The van der Waals surface area contributed by atoms with E-state index in [1.54, 1.807) is 38.1 Å². The number of nitrogens with two attached hydrogens (primary N) is 2. The summed E-state index contributed by atoms with van der Waals surface area (Å²) in [4.78, 5) is -2.37. The van der Waals surface area contributed by atoms with Gasteiger partial charge in [0.25, 0.3) is 30.4 Å². The molecule has 6 aromatic carbocycles. The van der Waals surface area contributed by atoms with E-state index in [0.717, 1.165) is 23.3 Å². The van der Waals surface area contributed by atoms with Gasteiger partial charge in [0.2, 0.25) is 0 Å². The summed E-state index contributed by atoms with van der Waals surface area (Å²) in [5.74, 6) is -1.17. The number of hydrogen-bond acceptors (Lipinski definition) is 14. The van der Waals surface area contributed by atoms with Gasteiger partial charge in [-0.15, -0.1) is 10.2 Å². The summed E-state index contributed by atoms with van der Waals surface area (Å²) in [6.45, 7) is 3.55. The number of phenols is 2. The largest absolute Gasteiger partial charge is 0.505 e. The minimum atomic E-state index is -5.07. The molecule has 17 nitrogen and oxygen atoms in total. The quantitative estimate of drug-likeness (QED) is 0.0449. The fourth-order valence-electron chi connectivity index (χ4n) is 5.80. The van der Waals surface area contributed by atoms with E-state index in [-0.39, 0.29) is 33.2 Å². The van der Waals surface area contributed by atoms with Crippen LogP contribution in [0.5, 0.6) is 11.5 Å². The molecule has 6 rings (SSSR count). The number of fused-ring (bicyclic) bond motifs is 2. The fourth-order valence-corrected chi connectivity index (χ4v) is 7.92. The zero-order valence-corrected chi connectivity index (χ0v) is 30.3. The second-order valence-corrected chi connectivity index (χ2v) is 16.1. The third-order valence-corrected chi connectivity index (χ3v) is 11.1. The zero-order valence-electron chi connectivity index (χ0n) is 27.9. The molecule has 0 radical (unpaired) electrons. The van der Waals surface area contributed by atoms with Gasteiger partial charge >= 0.3 is 0 Å². The van der Waals surface area contributed by atoms with Crippen molar-refractivity contribution < 1.29 is 49.1 Å². The van der Waals surface area contributed by atoms with Crippen LogP contribution in [0, 0.1) is 13.8 Å². The molecule has 0 spiro atoms. The van der Waals surface area contributed by atoms with Crippen molar-refractivity contribution in [1.29, 1.82) is 0 Å². The van der Waals surface area contributed by atoms with E-state index in [1.165, 1.54) is 24.3 Å². The van der Waals surface area contributed by atoms with Crippen molar-refractivity contribution in [3.05, 3.63) is 90.0 Å². The summed E-state index contributed by atoms with van der Waals surface area (Å²) in [5.41, 5.74) is 14.9. The molecular weight excluding hydrogens is 765 g/mol. The molecule has 0 saturated carbocycles. The van der Waals surface area contributed by atoms with E-state index in [2.05, 4.69) is 20.5 Å². The van der Waals surface area contributed by atoms with Crippen molar-refractivity contribution in [3.63, 3.8) is 0 Å². The molecule has 6 aromatic rings. The smallest absolute Gasteiger partial charge is 0.296 e. The molecule has 9 N–H and O–H groups in total. The zero-order chi connectivity index (χ0) is 39.5. The molecule has 0 saturated heterocycles. The Balaban J connectivity index is 1.28. The van der Waals surface area contributed by atoms with Gasteiger partial charge < -0.3 is 21.7 Å². The van der Waals surface area contributed by atoms with Gasteiger partial charge in [0.15, 0.2) is 11.5 Å². The molecule has 0 heterocycles. The van der Waals surface area contributed by atoms with Crippen molar-refractivity contribution in [3.8, 4) is 22.6 Å². The third-order valence-electron chi connectivity index (χ3n) is 8.44. The van der Waals surface area contributed by atoms with Gasteiger partial charge in [-0.3, -0.25) is 13.7 Å². The second-order valence-electron chi connectivity index (χ2n) is 12.0. The van der Waals surface area contributed by atoms with Gasteiger partial charge in [0, 0.05) is 16.5 Å². The predicted octanol–water partition coefficient (Wildman–Crippen LogP) is 7.42. The van der Waals surface area contributed by atoms with Crippen LogP contribution in [-0.4, -0.2) is 49.1 Å². The van der Waals surface area contributed by atoms with E-state index in [1.807, 2.05) is 12.1 Å². The molecule has 0 amide bonds. The number of phenolic OH excluding ortho intramolecular Hbond substituents is 2. The summed E-state index contributed by atoms with van der Waals surface area (Å²) >= 11 is 0. The fraction of sp³-hybridized carbons (Fsp3) is 0.0588. The Morgan fingerprint density at radius 1 is 0.481 bits per heavy atom. The van der Waals surface area contributed by atoms with Gasteiger partial charge in [-0.25, -0.2) is 0 Å².